The van der Waals surface area contributed by atoms with Gasteiger partial charge in [0.15, 0.2) is 6.54 Å². The molecule has 0 radical (unpaired) electrons. The van der Waals surface area contributed by atoms with Crippen molar-refractivity contribution < 1.29 is 9.69 Å². The molecule has 1 amide bonds. The van der Waals surface area contributed by atoms with Crippen LogP contribution in [0.25, 0.3) is 10.2 Å². The number of thiazole rings is 1. The van der Waals surface area contributed by atoms with Crippen LogP contribution in [0, 0.1) is 0 Å². The quantitative estimate of drug-likeness (QED) is 0.666. The van der Waals surface area contributed by atoms with Crippen LogP contribution in [0.3, 0.4) is 0 Å². The van der Waals surface area contributed by atoms with Crippen LogP contribution < -0.4 is 10.2 Å². The van der Waals surface area contributed by atoms with Crippen LogP contribution >= 0.6 is 23.1 Å². The third kappa shape index (κ3) is 4.14. The number of fused-ring (bicyclic) bond motifs is 1. The average Bonchev–Trinajstić information content (AvgIpc) is 2.97. The van der Waals surface area contributed by atoms with Gasteiger partial charge in [0.1, 0.15) is 11.6 Å². The average molecular weight is 359 g/mol. The first kappa shape index (κ1) is 17.0. The van der Waals surface area contributed by atoms with Gasteiger partial charge in [0.2, 0.25) is 0 Å². The van der Waals surface area contributed by atoms with E-state index in [-0.39, 0.29) is 5.91 Å². The maximum atomic E-state index is 12.3. The number of anilines is 1. The summed E-state index contributed by atoms with van der Waals surface area (Å²) in [6.45, 7) is 1.16. The van der Waals surface area contributed by atoms with E-state index in [0.717, 1.165) is 32.6 Å². The summed E-state index contributed by atoms with van der Waals surface area (Å²) >= 11 is 3.33. The van der Waals surface area contributed by atoms with Gasteiger partial charge in [-0.05, 0) is 30.5 Å². The maximum Gasteiger partial charge on any atom is 0.279 e. The molecule has 4 nitrogen and oxygen atoms in total. The van der Waals surface area contributed by atoms with Gasteiger partial charge in [-0.2, -0.15) is 0 Å². The molecule has 2 aromatic carbocycles. The number of carbonyl (C=O) groups excluding carboxylic acids is 1. The Morgan fingerprint density at radius 3 is 2.75 bits per heavy atom. The molecule has 124 valence electrons. The number of aromatic nitrogens is 1. The SMILES string of the molecule is CSc1ccccc1NC(=O)C[NH+](C)Cc1nc2ccccc2s1. The van der Waals surface area contributed by atoms with Crippen LogP contribution in [0.5, 0.6) is 0 Å². The monoisotopic (exact) mass is 358 g/mol. The number of rotatable bonds is 6. The van der Waals surface area contributed by atoms with Crippen LogP contribution in [0.2, 0.25) is 0 Å². The molecule has 0 saturated carbocycles. The smallest absolute Gasteiger partial charge is 0.279 e. The minimum atomic E-state index is 0.0233. The first-order valence-corrected chi connectivity index (χ1v) is 9.78. The maximum absolute atomic E-state index is 12.3. The highest BCUT2D eigenvalue weighted by Crippen LogP contribution is 2.24. The number of nitrogens with one attached hydrogen (secondary N) is 2. The molecule has 1 atom stereocenters. The lowest BCUT2D eigenvalue weighted by Crippen LogP contribution is -3.08. The number of hydrogen-bond acceptors (Lipinski definition) is 4. The van der Waals surface area contributed by atoms with Gasteiger partial charge in [0.25, 0.3) is 5.91 Å². The molecule has 0 aliphatic carbocycles. The number of amides is 1. The normalized spacial score (nSPS) is 12.2. The molecule has 1 unspecified atom stereocenters. The fraction of sp³-hybridized carbons (Fsp3) is 0.222. The molecule has 0 spiro atoms. The number of benzene rings is 2. The number of nitrogens with zero attached hydrogens (tertiary/aromatic N) is 1. The summed E-state index contributed by atoms with van der Waals surface area (Å²) in [6.07, 6.45) is 2.01. The number of carbonyl (C=O) groups is 1. The highest BCUT2D eigenvalue weighted by atomic mass is 32.2. The van der Waals surface area contributed by atoms with Crippen molar-refractivity contribution in [3.8, 4) is 0 Å². The van der Waals surface area contributed by atoms with Gasteiger partial charge in [-0.15, -0.1) is 23.1 Å². The lowest BCUT2D eigenvalue weighted by Gasteiger charge is -2.13. The largest absolute Gasteiger partial charge is 0.324 e. The number of para-hydroxylation sites is 2. The second-order valence-corrected chi connectivity index (χ2v) is 7.60. The van der Waals surface area contributed by atoms with E-state index in [2.05, 4.69) is 16.4 Å². The van der Waals surface area contributed by atoms with Gasteiger partial charge in [-0.25, -0.2) is 4.98 Å². The van der Waals surface area contributed by atoms with E-state index >= 15 is 0 Å². The molecule has 6 heteroatoms. The molecule has 24 heavy (non-hydrogen) atoms. The summed E-state index contributed by atoms with van der Waals surface area (Å²) in [5, 5.41) is 4.07. The van der Waals surface area contributed by atoms with Gasteiger partial charge in [-0.1, -0.05) is 24.3 Å². The molecule has 1 heterocycles. The summed E-state index contributed by atoms with van der Waals surface area (Å²) in [7, 11) is 2.02. The standard InChI is InChI=1S/C18H19N3OS2/c1-21(12-18-20-14-8-4-6-10-16(14)24-18)11-17(22)19-13-7-3-5-9-15(13)23-2/h3-10H,11-12H2,1-2H3,(H,19,22)/p+1. The Morgan fingerprint density at radius 2 is 1.96 bits per heavy atom. The molecule has 0 aliphatic heterocycles. The molecule has 1 aromatic heterocycles. The van der Waals surface area contributed by atoms with Gasteiger partial charge in [0, 0.05) is 4.90 Å². The predicted molar refractivity (Wildman–Crippen MR) is 102 cm³/mol. The lowest BCUT2D eigenvalue weighted by atomic mass is 10.3. The molecule has 3 rings (SSSR count). The van der Waals surface area contributed by atoms with E-state index in [0.29, 0.717) is 6.54 Å². The zero-order chi connectivity index (χ0) is 16.9. The topological polar surface area (TPSA) is 46.4 Å². The van der Waals surface area contributed by atoms with Crippen molar-refractivity contribution in [1.82, 2.24) is 4.98 Å². The zero-order valence-corrected chi connectivity index (χ0v) is 15.3. The Bertz CT molecular complexity index is 814. The Balaban J connectivity index is 1.59. The number of quaternary nitrogens is 1. The van der Waals surface area contributed by atoms with Crippen molar-refractivity contribution in [2.45, 2.75) is 11.4 Å². The second-order valence-electron chi connectivity index (χ2n) is 5.63. The minimum absolute atomic E-state index is 0.0233. The molecule has 2 N–H and O–H groups in total. The summed E-state index contributed by atoms with van der Waals surface area (Å²) in [5.41, 5.74) is 1.91. The molecule has 3 aromatic rings. The van der Waals surface area contributed by atoms with E-state index in [9.17, 15) is 4.79 Å². The Kier molecular flexibility index (Phi) is 5.50. The molecule has 0 fully saturated rings. The first-order chi connectivity index (χ1) is 11.7. The van der Waals surface area contributed by atoms with Crippen molar-refractivity contribution in [2.24, 2.45) is 0 Å². The van der Waals surface area contributed by atoms with E-state index in [1.807, 2.05) is 55.8 Å². The predicted octanol–water partition coefficient (Wildman–Crippen LogP) is 2.67. The van der Waals surface area contributed by atoms with Crippen molar-refractivity contribution >= 4 is 44.9 Å². The summed E-state index contributed by atoms with van der Waals surface area (Å²) in [4.78, 5) is 19.1. The number of hydrogen-bond donors (Lipinski definition) is 2. The van der Waals surface area contributed by atoms with Crippen molar-refractivity contribution in [3.05, 3.63) is 53.5 Å². The van der Waals surface area contributed by atoms with Gasteiger partial charge >= 0.3 is 0 Å². The fourth-order valence-corrected chi connectivity index (χ4v) is 4.17. The van der Waals surface area contributed by atoms with Crippen LogP contribution in [0.1, 0.15) is 5.01 Å². The molecular weight excluding hydrogens is 338 g/mol. The van der Waals surface area contributed by atoms with Crippen LogP contribution in [-0.4, -0.2) is 30.7 Å². The van der Waals surface area contributed by atoms with Gasteiger partial charge < -0.3 is 10.2 Å². The fourth-order valence-electron chi connectivity index (χ4n) is 2.53. The zero-order valence-electron chi connectivity index (χ0n) is 13.7. The van der Waals surface area contributed by atoms with Crippen LogP contribution in [0.15, 0.2) is 53.4 Å². The Morgan fingerprint density at radius 1 is 1.21 bits per heavy atom. The molecule has 0 saturated heterocycles. The van der Waals surface area contributed by atoms with E-state index in [1.54, 1.807) is 23.1 Å². The van der Waals surface area contributed by atoms with Crippen molar-refractivity contribution in [3.63, 3.8) is 0 Å². The Hall–Kier alpha value is -1.89. The second kappa shape index (κ2) is 7.79. The third-order valence-electron chi connectivity index (χ3n) is 3.63. The highest BCUT2D eigenvalue weighted by molar-refractivity contribution is 7.98. The molecule has 0 aliphatic rings. The van der Waals surface area contributed by atoms with E-state index < -0.39 is 0 Å². The van der Waals surface area contributed by atoms with Crippen LogP contribution in [0.4, 0.5) is 5.69 Å². The minimum Gasteiger partial charge on any atom is -0.324 e. The van der Waals surface area contributed by atoms with E-state index in [4.69, 9.17) is 0 Å². The van der Waals surface area contributed by atoms with Gasteiger partial charge in [-0.3, -0.25) is 4.79 Å². The van der Waals surface area contributed by atoms with Crippen molar-refractivity contribution in [1.29, 1.82) is 0 Å². The molecule has 0 bridgehead atoms. The third-order valence-corrected chi connectivity index (χ3v) is 5.47. The summed E-state index contributed by atoms with van der Waals surface area (Å²) in [5.74, 6) is 0.0233. The number of thioether (sulfide) groups is 1. The van der Waals surface area contributed by atoms with Crippen molar-refractivity contribution in [2.75, 3.05) is 25.2 Å². The summed E-state index contributed by atoms with van der Waals surface area (Å²) in [6, 6.07) is 16.0. The first-order valence-electron chi connectivity index (χ1n) is 7.74. The highest BCUT2D eigenvalue weighted by Gasteiger charge is 2.14. The van der Waals surface area contributed by atoms with Gasteiger partial charge in [0.05, 0.1) is 23.0 Å². The Labute approximate surface area is 149 Å². The van der Waals surface area contributed by atoms with E-state index in [1.165, 1.54) is 4.70 Å². The number of likely N-dealkylation sites (N-methyl/N-ethyl adjacent to an activating group) is 1. The summed E-state index contributed by atoms with van der Waals surface area (Å²) < 4.78 is 1.19. The van der Waals surface area contributed by atoms with Crippen LogP contribution in [-0.2, 0) is 11.3 Å². The lowest BCUT2D eigenvalue weighted by molar-refractivity contribution is -0.885. The molecular formula is C18H20N3OS2+.